The summed E-state index contributed by atoms with van der Waals surface area (Å²) < 4.78 is 0. The van der Waals surface area contributed by atoms with Crippen LogP contribution < -0.4 is 5.32 Å². The highest BCUT2D eigenvalue weighted by Crippen LogP contribution is 2.17. The molecule has 0 aromatic rings. The molecule has 69 heavy (non-hydrogen) atoms. The minimum absolute atomic E-state index is 0.376. The molecule has 406 valence electrons. The Labute approximate surface area is 431 Å². The third kappa shape index (κ3) is 53.9. The molecule has 0 bridgehead atoms. The molecule has 0 saturated carbocycles. The van der Waals surface area contributed by atoms with Gasteiger partial charge in [0.25, 0.3) is 0 Å². The predicted molar refractivity (Wildman–Crippen MR) is 305 cm³/mol. The highest BCUT2D eigenvalue weighted by atomic mass is 16.3. The molecular formula is C64H121NO4. The molecule has 0 aliphatic heterocycles. The average molecular weight is 969 g/mol. The van der Waals surface area contributed by atoms with Gasteiger partial charge >= 0.3 is 0 Å². The molecule has 0 aliphatic carbocycles. The minimum atomic E-state index is -1.11. The maximum atomic E-state index is 12.6. The van der Waals surface area contributed by atoms with E-state index in [-0.39, 0.29) is 6.61 Å². The molecule has 0 aliphatic rings. The molecule has 0 aromatic carbocycles. The normalized spacial score (nSPS) is 13.5. The SMILES string of the molecule is CCCCCCCCCCC/C=C\C/C=C\CCCCCCCCCCCCCCCCC(O)C(=O)NC(CO)C(O)/C=C/CC/C=C/CCCCCCCCCCCCCCCCCCCCC. The Balaban J connectivity index is 3.58. The number of carbonyl (C=O) groups is 1. The molecule has 3 unspecified atom stereocenters. The maximum absolute atomic E-state index is 12.6. The fraction of sp³-hybridized carbons (Fsp3) is 0.859. The number of rotatable bonds is 57. The number of unbranched alkanes of at least 4 members (excludes halogenated alkanes) is 43. The van der Waals surface area contributed by atoms with E-state index in [1.54, 1.807) is 6.08 Å². The second-order valence-corrected chi connectivity index (χ2v) is 21.3. The topological polar surface area (TPSA) is 89.8 Å². The average Bonchev–Trinajstić information content (AvgIpc) is 3.35. The van der Waals surface area contributed by atoms with Crippen molar-refractivity contribution in [3.63, 3.8) is 0 Å². The predicted octanol–water partition coefficient (Wildman–Crippen LogP) is 19.6. The van der Waals surface area contributed by atoms with E-state index in [1.165, 1.54) is 263 Å². The zero-order chi connectivity index (χ0) is 50.0. The van der Waals surface area contributed by atoms with Crippen molar-refractivity contribution in [2.24, 2.45) is 0 Å². The van der Waals surface area contributed by atoms with Crippen molar-refractivity contribution in [3.8, 4) is 0 Å². The fourth-order valence-corrected chi connectivity index (χ4v) is 9.59. The standard InChI is InChI=1S/C64H121NO4/c1-3-5-7-9-11-13-15-17-19-21-23-25-27-29-30-31-32-33-35-37-39-41-43-45-47-49-51-53-55-57-59-63(68)64(69)65-61(60-66)62(67)58-56-54-52-50-48-46-44-42-40-38-36-34-28-26-24-22-20-18-16-14-12-10-8-6-4-2/h23,25,29-30,48,50,56,58,61-63,66-68H,3-22,24,26-28,31-47,49,51-55,57,59-60H2,1-2H3,(H,65,69)/b25-23-,30-29-,50-48+,58-56+. The van der Waals surface area contributed by atoms with E-state index in [9.17, 15) is 20.1 Å². The first-order valence-electron chi connectivity index (χ1n) is 31.0. The van der Waals surface area contributed by atoms with Gasteiger partial charge in [-0.3, -0.25) is 4.79 Å². The summed E-state index contributed by atoms with van der Waals surface area (Å²) in [4.78, 5) is 12.6. The molecule has 0 fully saturated rings. The lowest BCUT2D eigenvalue weighted by atomic mass is 10.0. The fourth-order valence-electron chi connectivity index (χ4n) is 9.59. The first-order chi connectivity index (χ1) is 34.1. The minimum Gasteiger partial charge on any atom is -0.394 e. The van der Waals surface area contributed by atoms with Crippen LogP contribution in [0.25, 0.3) is 0 Å². The number of carbonyl (C=O) groups excluding carboxylic acids is 1. The van der Waals surface area contributed by atoms with E-state index >= 15 is 0 Å². The van der Waals surface area contributed by atoms with Crippen LogP contribution in [0.2, 0.25) is 0 Å². The van der Waals surface area contributed by atoms with Crippen LogP contribution in [-0.4, -0.2) is 46.1 Å². The van der Waals surface area contributed by atoms with Gasteiger partial charge in [-0.25, -0.2) is 0 Å². The Morgan fingerprint density at radius 2 is 0.638 bits per heavy atom. The molecule has 5 heteroatoms. The number of nitrogens with one attached hydrogen (secondary N) is 1. The van der Waals surface area contributed by atoms with E-state index < -0.39 is 24.2 Å². The number of hydrogen-bond acceptors (Lipinski definition) is 4. The first-order valence-corrected chi connectivity index (χ1v) is 31.0. The largest absolute Gasteiger partial charge is 0.394 e. The number of allylic oxidation sites excluding steroid dienone is 7. The molecule has 5 nitrogen and oxygen atoms in total. The van der Waals surface area contributed by atoms with Crippen LogP contribution in [0.5, 0.6) is 0 Å². The van der Waals surface area contributed by atoms with E-state index in [2.05, 4.69) is 55.6 Å². The summed E-state index contributed by atoms with van der Waals surface area (Å²) in [6.07, 6.45) is 79.3. The quantitative estimate of drug-likeness (QED) is 0.0361. The Kier molecular flexibility index (Phi) is 57.4. The van der Waals surface area contributed by atoms with Gasteiger partial charge in [-0.2, -0.15) is 0 Å². The van der Waals surface area contributed by atoms with Crippen LogP contribution >= 0.6 is 0 Å². The molecular weight excluding hydrogens is 847 g/mol. The van der Waals surface area contributed by atoms with E-state index in [1.807, 2.05) is 6.08 Å². The lowest BCUT2D eigenvalue weighted by molar-refractivity contribution is -0.131. The molecule has 1 amide bonds. The van der Waals surface area contributed by atoms with Gasteiger partial charge in [0.1, 0.15) is 6.10 Å². The van der Waals surface area contributed by atoms with Crippen molar-refractivity contribution in [2.75, 3.05) is 6.61 Å². The Hall–Kier alpha value is -1.69. The third-order valence-corrected chi connectivity index (χ3v) is 14.4. The van der Waals surface area contributed by atoms with Crippen LogP contribution in [0.4, 0.5) is 0 Å². The second-order valence-electron chi connectivity index (χ2n) is 21.3. The summed E-state index contributed by atoms with van der Waals surface area (Å²) in [6.45, 7) is 4.21. The lowest BCUT2D eigenvalue weighted by Crippen LogP contribution is -2.48. The Bertz CT molecular complexity index is 1110. The summed E-state index contributed by atoms with van der Waals surface area (Å²) in [5.41, 5.74) is 0. The molecule has 0 rings (SSSR count). The monoisotopic (exact) mass is 968 g/mol. The summed E-state index contributed by atoms with van der Waals surface area (Å²) in [7, 11) is 0. The van der Waals surface area contributed by atoms with Crippen LogP contribution in [0, 0.1) is 0 Å². The van der Waals surface area contributed by atoms with Crippen molar-refractivity contribution in [1.29, 1.82) is 0 Å². The van der Waals surface area contributed by atoms with Crippen LogP contribution in [0.1, 0.15) is 328 Å². The third-order valence-electron chi connectivity index (χ3n) is 14.4. The van der Waals surface area contributed by atoms with Gasteiger partial charge in [0, 0.05) is 0 Å². The summed E-state index contributed by atoms with van der Waals surface area (Å²) in [5.74, 6) is -0.510. The van der Waals surface area contributed by atoms with Gasteiger partial charge in [-0.1, -0.05) is 313 Å². The van der Waals surface area contributed by atoms with Gasteiger partial charge < -0.3 is 20.6 Å². The van der Waals surface area contributed by atoms with E-state index in [0.29, 0.717) is 6.42 Å². The smallest absolute Gasteiger partial charge is 0.249 e. The molecule has 0 saturated heterocycles. The summed E-state index contributed by atoms with van der Waals surface area (Å²) >= 11 is 0. The van der Waals surface area contributed by atoms with Crippen molar-refractivity contribution in [3.05, 3.63) is 48.6 Å². The van der Waals surface area contributed by atoms with Crippen molar-refractivity contribution >= 4 is 5.91 Å². The van der Waals surface area contributed by atoms with Crippen molar-refractivity contribution in [1.82, 2.24) is 5.32 Å². The maximum Gasteiger partial charge on any atom is 0.249 e. The van der Waals surface area contributed by atoms with Crippen LogP contribution in [-0.2, 0) is 4.79 Å². The number of hydrogen-bond donors (Lipinski definition) is 4. The molecule has 0 radical (unpaired) electrons. The molecule has 0 heterocycles. The molecule has 0 aromatic heterocycles. The van der Waals surface area contributed by atoms with Crippen LogP contribution in [0.15, 0.2) is 48.6 Å². The number of aliphatic hydroxyl groups excluding tert-OH is 3. The molecule has 3 atom stereocenters. The van der Waals surface area contributed by atoms with Gasteiger partial charge in [0.2, 0.25) is 5.91 Å². The number of aliphatic hydroxyl groups is 3. The summed E-state index contributed by atoms with van der Waals surface area (Å²) in [5, 5.41) is 33.4. The highest BCUT2D eigenvalue weighted by Gasteiger charge is 2.22. The number of amides is 1. The molecule has 0 spiro atoms. The van der Waals surface area contributed by atoms with E-state index in [0.717, 1.165) is 44.9 Å². The Morgan fingerprint density at radius 3 is 0.971 bits per heavy atom. The van der Waals surface area contributed by atoms with Crippen LogP contribution in [0.3, 0.4) is 0 Å². The van der Waals surface area contributed by atoms with E-state index in [4.69, 9.17) is 0 Å². The molecule has 4 N–H and O–H groups in total. The van der Waals surface area contributed by atoms with Gasteiger partial charge in [0.05, 0.1) is 18.8 Å². The van der Waals surface area contributed by atoms with Crippen molar-refractivity contribution in [2.45, 2.75) is 347 Å². The zero-order valence-electron chi connectivity index (χ0n) is 46.5. The van der Waals surface area contributed by atoms with Gasteiger partial charge in [-0.15, -0.1) is 0 Å². The first kappa shape index (κ1) is 67.3. The summed E-state index contributed by atoms with van der Waals surface area (Å²) in [6, 6.07) is -0.817. The lowest BCUT2D eigenvalue weighted by Gasteiger charge is -2.21. The highest BCUT2D eigenvalue weighted by molar-refractivity contribution is 5.80. The van der Waals surface area contributed by atoms with Gasteiger partial charge in [-0.05, 0) is 64.2 Å². The van der Waals surface area contributed by atoms with Gasteiger partial charge in [0.15, 0.2) is 0 Å². The zero-order valence-corrected chi connectivity index (χ0v) is 46.5. The Morgan fingerprint density at radius 1 is 0.362 bits per heavy atom. The second kappa shape index (κ2) is 58.9. The van der Waals surface area contributed by atoms with Crippen molar-refractivity contribution < 1.29 is 20.1 Å².